The molecule has 204 valence electrons. The quantitative estimate of drug-likeness (QED) is 0.234. The normalized spacial score (nSPS) is 14.8. The van der Waals surface area contributed by atoms with Crippen LogP contribution in [-0.2, 0) is 9.53 Å². The monoisotopic (exact) mass is 541 g/mol. The summed E-state index contributed by atoms with van der Waals surface area (Å²) in [4.78, 5) is 38.0. The van der Waals surface area contributed by atoms with Crippen molar-refractivity contribution in [3.63, 3.8) is 0 Å². The van der Waals surface area contributed by atoms with Crippen molar-refractivity contribution in [2.45, 2.75) is 13.3 Å². The van der Waals surface area contributed by atoms with Crippen LogP contribution < -0.4 is 15.8 Å². The Morgan fingerprint density at radius 2 is 1.97 bits per heavy atom. The lowest BCUT2D eigenvalue weighted by molar-refractivity contribution is -0.117. The van der Waals surface area contributed by atoms with Gasteiger partial charge in [-0.1, -0.05) is 0 Å². The van der Waals surface area contributed by atoms with Gasteiger partial charge >= 0.3 is 0 Å². The predicted octanol–water partition coefficient (Wildman–Crippen LogP) is 2.20. The lowest BCUT2D eigenvalue weighted by Gasteiger charge is -2.31. The fourth-order valence-electron chi connectivity index (χ4n) is 3.72. The topological polar surface area (TPSA) is 146 Å². The van der Waals surface area contributed by atoms with E-state index in [-0.39, 0.29) is 28.2 Å². The van der Waals surface area contributed by atoms with E-state index < -0.39 is 5.91 Å². The van der Waals surface area contributed by atoms with Gasteiger partial charge in [-0.15, -0.1) is 0 Å². The maximum Gasteiger partial charge on any atom is 0.279 e. The van der Waals surface area contributed by atoms with Crippen molar-refractivity contribution >= 4 is 39.5 Å². The second-order valence-corrected chi connectivity index (χ2v) is 9.94. The number of hydrogen-bond acceptors (Lipinski definition) is 9. The number of nitrogens with one attached hydrogen (secondary N) is 2. The molecule has 0 aliphatic carbocycles. The molecule has 1 aliphatic rings. The molecule has 11 nitrogen and oxygen atoms in total. The molecule has 1 aromatic carbocycles. The molecule has 3 rings (SSSR count). The van der Waals surface area contributed by atoms with Crippen molar-refractivity contribution in [2.75, 3.05) is 65.4 Å². The van der Waals surface area contributed by atoms with E-state index in [1.54, 1.807) is 37.7 Å². The highest BCUT2D eigenvalue weighted by Crippen LogP contribution is 2.27. The van der Waals surface area contributed by atoms with E-state index in [4.69, 9.17) is 20.6 Å². The van der Waals surface area contributed by atoms with Gasteiger partial charge in [-0.05, 0) is 55.6 Å². The average molecular weight is 542 g/mol. The fraction of sp³-hybridized carbons (Fsp3) is 0.423. The number of anilines is 1. The van der Waals surface area contributed by atoms with Gasteiger partial charge in [0, 0.05) is 69.8 Å². The van der Waals surface area contributed by atoms with Gasteiger partial charge < -0.3 is 25.4 Å². The predicted molar refractivity (Wildman–Crippen MR) is 150 cm³/mol. The highest BCUT2D eigenvalue weighted by molar-refractivity contribution is 8.26. The third-order valence-corrected chi connectivity index (χ3v) is 6.64. The molecule has 2 amide bonds. The Labute approximate surface area is 227 Å². The molecule has 12 heteroatoms. The van der Waals surface area contributed by atoms with Gasteiger partial charge in [-0.2, -0.15) is 4.99 Å². The van der Waals surface area contributed by atoms with Crippen molar-refractivity contribution in [1.82, 2.24) is 14.8 Å². The van der Waals surface area contributed by atoms with Crippen molar-refractivity contribution in [1.29, 1.82) is 5.41 Å². The van der Waals surface area contributed by atoms with Crippen LogP contribution in [0.5, 0.6) is 5.75 Å². The van der Waals surface area contributed by atoms with Gasteiger partial charge in [0.1, 0.15) is 10.8 Å². The summed E-state index contributed by atoms with van der Waals surface area (Å²) in [6.07, 6.45) is 3.89. The van der Waals surface area contributed by atoms with Crippen LogP contribution in [0.25, 0.3) is 0 Å². The zero-order chi connectivity index (χ0) is 27.5. The van der Waals surface area contributed by atoms with Gasteiger partial charge in [0.2, 0.25) is 5.91 Å². The minimum absolute atomic E-state index is 0.0659. The number of aliphatic imine (C=N–C) groups is 1. The number of rotatable bonds is 10. The molecule has 0 unspecified atom stereocenters. The van der Waals surface area contributed by atoms with E-state index in [1.807, 2.05) is 6.92 Å². The number of hydrogen-bond donors (Lipinski definition) is 3. The number of amidine groups is 1. The molecule has 1 aromatic heterocycles. The van der Waals surface area contributed by atoms with Gasteiger partial charge in [0.05, 0.1) is 18.8 Å². The van der Waals surface area contributed by atoms with Crippen LogP contribution in [0.15, 0.2) is 41.7 Å². The van der Waals surface area contributed by atoms with Gasteiger partial charge in [0.15, 0.2) is 5.17 Å². The van der Waals surface area contributed by atoms with E-state index in [2.05, 4.69) is 32.1 Å². The molecule has 0 spiro atoms. The number of methoxy groups -OCH3 is 1. The lowest BCUT2D eigenvalue weighted by atomic mass is 10.1. The maximum absolute atomic E-state index is 12.9. The number of amides is 2. The average Bonchev–Trinajstić information content (AvgIpc) is 2.88. The number of pyridine rings is 1. The largest absolute Gasteiger partial charge is 0.491 e. The van der Waals surface area contributed by atoms with E-state index in [0.717, 1.165) is 43.5 Å². The molecule has 4 N–H and O–H groups in total. The molecule has 1 saturated heterocycles. The number of ether oxygens (including phenoxy) is 2. The lowest BCUT2D eigenvalue weighted by Crippen LogP contribution is -2.47. The second kappa shape index (κ2) is 14.6. The highest BCUT2D eigenvalue weighted by Gasteiger charge is 2.19. The summed E-state index contributed by atoms with van der Waals surface area (Å²) in [7, 11) is 3.68. The Balaban J connectivity index is 1.72. The first-order valence-electron chi connectivity index (χ1n) is 12.3. The third kappa shape index (κ3) is 8.91. The van der Waals surface area contributed by atoms with Crippen molar-refractivity contribution in [3.05, 3.63) is 53.3 Å². The molecule has 1 fully saturated rings. The van der Waals surface area contributed by atoms with Gasteiger partial charge in [-0.3, -0.25) is 24.9 Å². The standard InChI is InChI=1S/C26H35N7O4S/c1-18-7-8-29-16-20(18)24(27)38-26(28)31-25(35)19-5-6-22(37-14-4-13-36-3)21(15-19)30-23(34)17-33-11-9-32(2)10-12-33/h5-8,15-16,27H,4,9-14,17H2,1-3H3,(H,30,34)(H2,28,31,35). The molecular weight excluding hydrogens is 506 g/mol. The van der Waals surface area contributed by atoms with E-state index in [9.17, 15) is 9.59 Å². The van der Waals surface area contributed by atoms with E-state index in [0.29, 0.717) is 36.6 Å². The maximum atomic E-state index is 12.9. The molecule has 2 aromatic rings. The SMILES string of the molecule is COCCCOc1ccc(C(=O)N=C(N)SC(=N)c2cnccc2C)cc1NC(=O)CN1CCN(C)CC1. The number of aromatic nitrogens is 1. The Morgan fingerprint density at radius 1 is 1.21 bits per heavy atom. The van der Waals surface area contributed by atoms with Gasteiger partial charge in [0.25, 0.3) is 5.91 Å². The summed E-state index contributed by atoms with van der Waals surface area (Å²) in [5, 5.41) is 11.2. The number of carbonyl (C=O) groups is 2. The molecule has 0 saturated carbocycles. The van der Waals surface area contributed by atoms with E-state index in [1.165, 1.54) is 6.07 Å². The smallest absolute Gasteiger partial charge is 0.279 e. The number of nitrogens with two attached hydrogens (primary N) is 1. The van der Waals surface area contributed by atoms with Crippen molar-refractivity contribution < 1.29 is 19.1 Å². The first-order valence-corrected chi connectivity index (χ1v) is 13.1. The number of carbonyl (C=O) groups excluding carboxylic acids is 2. The number of piperazine rings is 1. The van der Waals surface area contributed by atoms with Crippen molar-refractivity contribution in [3.8, 4) is 5.75 Å². The molecule has 0 radical (unpaired) electrons. The van der Waals surface area contributed by atoms with Crippen LogP contribution in [0, 0.1) is 12.3 Å². The Bertz CT molecular complexity index is 1170. The van der Waals surface area contributed by atoms with Crippen molar-refractivity contribution in [2.24, 2.45) is 10.7 Å². The van der Waals surface area contributed by atoms with Gasteiger partial charge in [-0.25, -0.2) is 0 Å². The molecule has 1 aliphatic heterocycles. The zero-order valence-corrected chi connectivity index (χ0v) is 22.8. The van der Waals surface area contributed by atoms with Crippen LogP contribution in [0.3, 0.4) is 0 Å². The molecule has 2 heterocycles. The summed E-state index contributed by atoms with van der Waals surface area (Å²) in [5.74, 6) is -0.338. The fourth-order valence-corrected chi connectivity index (χ4v) is 4.38. The molecule has 0 atom stereocenters. The van der Waals surface area contributed by atoms with E-state index >= 15 is 0 Å². The number of aryl methyl sites for hydroxylation is 1. The van der Waals surface area contributed by atoms with Crippen LogP contribution in [-0.4, -0.2) is 96.9 Å². The molecule has 0 bridgehead atoms. The summed E-state index contributed by atoms with van der Waals surface area (Å²) < 4.78 is 10.9. The molecule has 38 heavy (non-hydrogen) atoms. The first kappa shape index (κ1) is 29.2. The van der Waals surface area contributed by atoms with Crippen LogP contribution >= 0.6 is 11.8 Å². The summed E-state index contributed by atoms with van der Waals surface area (Å²) in [6.45, 7) is 6.46. The summed E-state index contributed by atoms with van der Waals surface area (Å²) >= 11 is 0.878. The highest BCUT2D eigenvalue weighted by atomic mass is 32.2. The summed E-state index contributed by atoms with van der Waals surface area (Å²) in [5.41, 5.74) is 8.07. The van der Waals surface area contributed by atoms with Crippen LogP contribution in [0.2, 0.25) is 0 Å². The summed E-state index contributed by atoms with van der Waals surface area (Å²) in [6, 6.07) is 6.53. The number of likely N-dealkylation sites (N-methyl/N-ethyl adjacent to an activating group) is 1. The Morgan fingerprint density at radius 3 is 2.68 bits per heavy atom. The van der Waals surface area contributed by atoms with Crippen LogP contribution in [0.4, 0.5) is 5.69 Å². The zero-order valence-electron chi connectivity index (χ0n) is 22.0. The second-order valence-electron chi connectivity index (χ2n) is 8.91. The molecular formula is C26H35N7O4S. The minimum atomic E-state index is -0.591. The minimum Gasteiger partial charge on any atom is -0.491 e. The Kier molecular flexibility index (Phi) is 11.2. The van der Waals surface area contributed by atoms with Crippen LogP contribution in [0.1, 0.15) is 27.9 Å². The number of nitrogens with zero attached hydrogens (tertiary/aromatic N) is 4. The number of benzene rings is 1. The first-order chi connectivity index (χ1) is 18.3. The third-order valence-electron chi connectivity index (χ3n) is 5.92. The Hall–Kier alpha value is -3.32. The number of thioether (sulfide) groups is 1.